The van der Waals surface area contributed by atoms with Crippen LogP contribution >= 0.6 is 0 Å². The average Bonchev–Trinajstić information content (AvgIpc) is 2.63. The van der Waals surface area contributed by atoms with Crippen LogP contribution in [0.1, 0.15) is 6.92 Å². The summed E-state index contributed by atoms with van der Waals surface area (Å²) in [7, 11) is 2.11. The summed E-state index contributed by atoms with van der Waals surface area (Å²) in [4.78, 5) is 9.31. The number of para-hydroxylation sites is 1. The molecule has 1 fully saturated rings. The van der Waals surface area contributed by atoms with E-state index in [2.05, 4.69) is 63.7 Å². The Kier molecular flexibility index (Phi) is 8.41. The number of aliphatic imine (C=N–C) groups is 1. The fraction of sp³-hybridized carbons (Fsp3) is 0.611. The first-order valence-corrected chi connectivity index (χ1v) is 8.88. The third-order valence-electron chi connectivity index (χ3n) is 4.07. The first-order chi connectivity index (χ1) is 11.8. The van der Waals surface area contributed by atoms with Crippen molar-refractivity contribution >= 4 is 11.6 Å². The van der Waals surface area contributed by atoms with Gasteiger partial charge in [-0.1, -0.05) is 18.2 Å². The van der Waals surface area contributed by atoms with Crippen LogP contribution in [-0.2, 0) is 4.74 Å². The minimum absolute atomic E-state index is 0.809. The van der Waals surface area contributed by atoms with Gasteiger partial charge in [-0.05, 0) is 19.1 Å². The Morgan fingerprint density at radius 3 is 2.67 bits per heavy atom. The number of hydrogen-bond donors (Lipinski definition) is 2. The Balaban J connectivity index is 1.70. The quantitative estimate of drug-likeness (QED) is 0.549. The molecule has 1 saturated heterocycles. The number of hydrogen-bond acceptors (Lipinski definition) is 4. The molecule has 0 amide bonds. The first-order valence-electron chi connectivity index (χ1n) is 8.88. The molecule has 0 unspecified atom stereocenters. The maximum Gasteiger partial charge on any atom is 0.191 e. The highest BCUT2D eigenvalue weighted by molar-refractivity contribution is 5.79. The van der Waals surface area contributed by atoms with E-state index in [4.69, 9.17) is 4.74 Å². The molecule has 0 saturated carbocycles. The molecule has 1 heterocycles. The molecule has 134 valence electrons. The van der Waals surface area contributed by atoms with Crippen molar-refractivity contribution < 1.29 is 4.74 Å². The topological polar surface area (TPSA) is 52.1 Å². The van der Waals surface area contributed by atoms with Crippen LogP contribution in [0.3, 0.4) is 0 Å². The lowest BCUT2D eigenvalue weighted by atomic mass is 10.3. The number of likely N-dealkylation sites (N-methyl/N-ethyl adjacent to an activating group) is 1. The van der Waals surface area contributed by atoms with Crippen LogP contribution in [0.4, 0.5) is 5.69 Å². The van der Waals surface area contributed by atoms with E-state index in [1.165, 1.54) is 5.69 Å². The van der Waals surface area contributed by atoms with E-state index in [1.54, 1.807) is 0 Å². The summed E-state index contributed by atoms with van der Waals surface area (Å²) >= 11 is 0. The molecule has 6 heteroatoms. The van der Waals surface area contributed by atoms with Crippen molar-refractivity contribution in [3.8, 4) is 0 Å². The zero-order valence-corrected chi connectivity index (χ0v) is 15.0. The highest BCUT2D eigenvalue weighted by Gasteiger charge is 2.09. The van der Waals surface area contributed by atoms with Crippen molar-refractivity contribution in [2.45, 2.75) is 6.92 Å². The summed E-state index contributed by atoms with van der Waals surface area (Å²) in [5.41, 5.74) is 1.23. The van der Waals surface area contributed by atoms with Gasteiger partial charge in [0.15, 0.2) is 5.96 Å². The number of nitrogens with one attached hydrogen (secondary N) is 2. The predicted molar refractivity (Wildman–Crippen MR) is 101 cm³/mol. The summed E-state index contributed by atoms with van der Waals surface area (Å²) in [6.45, 7) is 10.3. The van der Waals surface area contributed by atoms with Gasteiger partial charge in [0.25, 0.3) is 0 Å². The van der Waals surface area contributed by atoms with E-state index >= 15 is 0 Å². The van der Waals surface area contributed by atoms with E-state index in [0.717, 1.165) is 65.0 Å². The van der Waals surface area contributed by atoms with E-state index in [9.17, 15) is 0 Å². The number of anilines is 1. The van der Waals surface area contributed by atoms with Crippen LogP contribution < -0.4 is 15.5 Å². The zero-order valence-electron chi connectivity index (χ0n) is 15.0. The number of ether oxygens (including phenoxy) is 1. The number of nitrogens with zero attached hydrogens (tertiary/aromatic N) is 3. The first kappa shape index (κ1) is 18.5. The molecular formula is C18H31N5O. The Morgan fingerprint density at radius 1 is 1.21 bits per heavy atom. The van der Waals surface area contributed by atoms with Gasteiger partial charge in [-0.25, -0.2) is 0 Å². The number of morpholine rings is 1. The minimum atomic E-state index is 0.809. The second-order valence-corrected chi connectivity index (χ2v) is 5.90. The van der Waals surface area contributed by atoms with Gasteiger partial charge < -0.3 is 20.3 Å². The fourth-order valence-corrected chi connectivity index (χ4v) is 2.62. The van der Waals surface area contributed by atoms with Gasteiger partial charge in [-0.2, -0.15) is 0 Å². The van der Waals surface area contributed by atoms with Gasteiger partial charge in [-0.3, -0.25) is 9.89 Å². The molecule has 1 aromatic carbocycles. The lowest BCUT2D eigenvalue weighted by Gasteiger charge is -2.26. The van der Waals surface area contributed by atoms with E-state index in [0.29, 0.717) is 0 Å². The summed E-state index contributed by atoms with van der Waals surface area (Å²) in [5, 5.41) is 6.72. The second kappa shape index (κ2) is 10.9. The normalized spacial score (nSPS) is 16.0. The summed E-state index contributed by atoms with van der Waals surface area (Å²) < 4.78 is 5.37. The highest BCUT2D eigenvalue weighted by Crippen LogP contribution is 2.09. The molecule has 0 spiro atoms. The number of guanidine groups is 1. The minimum Gasteiger partial charge on any atom is -0.379 e. The third kappa shape index (κ3) is 6.76. The maximum atomic E-state index is 5.37. The van der Waals surface area contributed by atoms with Crippen LogP contribution in [0.25, 0.3) is 0 Å². The SMILES string of the molecule is CCNC(=NCCN1CCOCC1)NCCN(C)c1ccccc1. The van der Waals surface area contributed by atoms with Gasteiger partial charge in [-0.15, -0.1) is 0 Å². The largest absolute Gasteiger partial charge is 0.379 e. The molecule has 0 atom stereocenters. The summed E-state index contributed by atoms with van der Waals surface area (Å²) in [6.07, 6.45) is 0. The molecule has 2 rings (SSSR count). The van der Waals surface area contributed by atoms with Gasteiger partial charge >= 0.3 is 0 Å². The summed E-state index contributed by atoms with van der Waals surface area (Å²) in [5.74, 6) is 0.896. The van der Waals surface area contributed by atoms with Crippen molar-refractivity contribution in [2.24, 2.45) is 4.99 Å². The molecule has 6 nitrogen and oxygen atoms in total. The van der Waals surface area contributed by atoms with Crippen LogP contribution in [0.2, 0.25) is 0 Å². The van der Waals surface area contributed by atoms with Crippen LogP contribution in [0.5, 0.6) is 0 Å². The molecule has 1 aliphatic heterocycles. The Bertz CT molecular complexity index is 474. The average molecular weight is 333 g/mol. The smallest absolute Gasteiger partial charge is 0.191 e. The predicted octanol–water partition coefficient (Wildman–Crippen LogP) is 1.01. The van der Waals surface area contributed by atoms with Gasteiger partial charge in [0.1, 0.15) is 0 Å². The van der Waals surface area contributed by atoms with Gasteiger partial charge in [0.2, 0.25) is 0 Å². The van der Waals surface area contributed by atoms with Crippen molar-refractivity contribution in [3.63, 3.8) is 0 Å². The van der Waals surface area contributed by atoms with Crippen molar-refractivity contribution in [1.29, 1.82) is 0 Å². The third-order valence-corrected chi connectivity index (χ3v) is 4.07. The Labute approximate surface area is 145 Å². The molecule has 0 bridgehead atoms. The summed E-state index contributed by atoms with van der Waals surface area (Å²) in [6, 6.07) is 10.4. The van der Waals surface area contributed by atoms with E-state index in [1.807, 2.05) is 6.07 Å². The maximum absolute atomic E-state index is 5.37. The number of rotatable bonds is 8. The van der Waals surface area contributed by atoms with Crippen molar-refractivity contribution in [1.82, 2.24) is 15.5 Å². The molecule has 2 N–H and O–H groups in total. The Morgan fingerprint density at radius 2 is 1.96 bits per heavy atom. The monoisotopic (exact) mass is 333 g/mol. The lowest BCUT2D eigenvalue weighted by molar-refractivity contribution is 0.0394. The van der Waals surface area contributed by atoms with E-state index < -0.39 is 0 Å². The highest BCUT2D eigenvalue weighted by atomic mass is 16.5. The van der Waals surface area contributed by atoms with Crippen molar-refractivity contribution in [3.05, 3.63) is 30.3 Å². The van der Waals surface area contributed by atoms with Gasteiger partial charge in [0, 0.05) is 52.0 Å². The van der Waals surface area contributed by atoms with Crippen LogP contribution in [0, 0.1) is 0 Å². The molecule has 0 aromatic heterocycles. The van der Waals surface area contributed by atoms with Crippen LogP contribution in [-0.4, -0.2) is 76.9 Å². The number of benzene rings is 1. The van der Waals surface area contributed by atoms with Crippen molar-refractivity contribution in [2.75, 3.05) is 71.0 Å². The molecule has 1 aliphatic rings. The van der Waals surface area contributed by atoms with Crippen LogP contribution in [0.15, 0.2) is 35.3 Å². The zero-order chi connectivity index (χ0) is 17.0. The molecular weight excluding hydrogens is 302 g/mol. The molecule has 0 radical (unpaired) electrons. The second-order valence-electron chi connectivity index (χ2n) is 5.90. The Hall–Kier alpha value is -1.79. The molecule has 24 heavy (non-hydrogen) atoms. The standard InChI is InChI=1S/C18H31N5O/c1-3-19-18(21-10-12-23-13-15-24-16-14-23)20-9-11-22(2)17-7-5-4-6-8-17/h4-8H,3,9-16H2,1-2H3,(H2,19,20,21). The molecule has 1 aromatic rings. The van der Waals surface area contributed by atoms with E-state index in [-0.39, 0.29) is 0 Å². The van der Waals surface area contributed by atoms with Gasteiger partial charge in [0.05, 0.1) is 19.8 Å². The molecule has 0 aliphatic carbocycles. The lowest BCUT2D eigenvalue weighted by Crippen LogP contribution is -2.42. The fourth-order valence-electron chi connectivity index (χ4n) is 2.62.